The van der Waals surface area contributed by atoms with E-state index in [4.69, 9.17) is 4.74 Å². The lowest BCUT2D eigenvalue weighted by atomic mass is 10.1. The molecular weight excluding hydrogens is 164 g/mol. The Kier molecular flexibility index (Phi) is 5.30. The molecule has 0 spiro atoms. The third kappa shape index (κ3) is 5.45. The molecule has 0 saturated carbocycles. The number of ether oxygens (including phenoxy) is 1. The lowest BCUT2D eigenvalue weighted by Crippen LogP contribution is -2.05. The summed E-state index contributed by atoms with van der Waals surface area (Å²) in [6, 6.07) is 0. The number of esters is 1. The fourth-order valence-corrected chi connectivity index (χ4v) is 1.40. The third-order valence-corrected chi connectivity index (χ3v) is 2.20. The Morgan fingerprint density at radius 1 is 1.00 bits per heavy atom. The monoisotopic (exact) mass is 182 g/mol. The number of allylic oxidation sites excluding steroid dienone is 2. The SMILES string of the molecule is O=C1CCCCC/C=C/CCCO1. The highest BCUT2D eigenvalue weighted by atomic mass is 16.5. The normalized spacial score (nSPS) is 23.8. The average molecular weight is 182 g/mol. The Balaban J connectivity index is 2.24. The van der Waals surface area contributed by atoms with Crippen molar-refractivity contribution >= 4 is 5.97 Å². The molecule has 0 amide bonds. The maximum atomic E-state index is 11.1. The molecule has 0 N–H and O–H groups in total. The fourth-order valence-electron chi connectivity index (χ4n) is 1.40. The molecule has 0 bridgehead atoms. The second-order valence-electron chi connectivity index (χ2n) is 3.43. The minimum absolute atomic E-state index is 0.0236. The summed E-state index contributed by atoms with van der Waals surface area (Å²) >= 11 is 0. The van der Waals surface area contributed by atoms with Gasteiger partial charge in [0.05, 0.1) is 6.61 Å². The van der Waals surface area contributed by atoms with E-state index in [9.17, 15) is 4.79 Å². The summed E-state index contributed by atoms with van der Waals surface area (Å²) < 4.78 is 5.04. The van der Waals surface area contributed by atoms with Crippen molar-refractivity contribution in [1.29, 1.82) is 0 Å². The van der Waals surface area contributed by atoms with Crippen LogP contribution in [0.1, 0.15) is 44.9 Å². The van der Waals surface area contributed by atoms with Crippen LogP contribution in [0.4, 0.5) is 0 Å². The highest BCUT2D eigenvalue weighted by Gasteiger charge is 2.01. The molecule has 74 valence electrons. The Morgan fingerprint density at radius 3 is 2.62 bits per heavy atom. The molecule has 0 unspecified atom stereocenters. The second kappa shape index (κ2) is 6.70. The molecule has 1 rings (SSSR count). The van der Waals surface area contributed by atoms with Gasteiger partial charge in [0.15, 0.2) is 0 Å². The fraction of sp³-hybridized carbons (Fsp3) is 0.727. The molecule has 0 aliphatic carbocycles. The van der Waals surface area contributed by atoms with Gasteiger partial charge in [-0.1, -0.05) is 18.6 Å². The topological polar surface area (TPSA) is 26.3 Å². The van der Waals surface area contributed by atoms with Crippen molar-refractivity contribution in [3.8, 4) is 0 Å². The molecule has 0 aromatic heterocycles. The summed E-state index contributed by atoms with van der Waals surface area (Å²) in [4.78, 5) is 11.1. The number of rotatable bonds is 0. The van der Waals surface area contributed by atoms with Crippen LogP contribution in [-0.2, 0) is 9.53 Å². The van der Waals surface area contributed by atoms with E-state index in [2.05, 4.69) is 12.2 Å². The first-order valence-electron chi connectivity index (χ1n) is 5.20. The van der Waals surface area contributed by atoms with Crippen molar-refractivity contribution in [3.63, 3.8) is 0 Å². The molecule has 0 atom stereocenters. The van der Waals surface area contributed by atoms with Gasteiger partial charge in [-0.2, -0.15) is 0 Å². The molecule has 2 heteroatoms. The van der Waals surface area contributed by atoms with Crippen LogP contribution in [0.25, 0.3) is 0 Å². The van der Waals surface area contributed by atoms with Crippen LogP contribution in [0.2, 0.25) is 0 Å². The van der Waals surface area contributed by atoms with E-state index in [0.29, 0.717) is 13.0 Å². The standard InChI is InChI=1S/C11H18O2/c12-11-9-7-5-3-1-2-4-6-8-10-13-11/h2,4H,1,3,5-10H2/b4-2+. The number of carbonyl (C=O) groups is 1. The first kappa shape index (κ1) is 10.3. The van der Waals surface area contributed by atoms with E-state index in [1.807, 2.05) is 0 Å². The van der Waals surface area contributed by atoms with E-state index < -0.39 is 0 Å². The van der Waals surface area contributed by atoms with E-state index in [0.717, 1.165) is 32.1 Å². The minimum Gasteiger partial charge on any atom is -0.466 e. The molecule has 0 aromatic rings. The summed E-state index contributed by atoms with van der Waals surface area (Å²) in [5, 5.41) is 0. The van der Waals surface area contributed by atoms with E-state index in [1.54, 1.807) is 0 Å². The van der Waals surface area contributed by atoms with Gasteiger partial charge in [-0.25, -0.2) is 0 Å². The number of hydrogen-bond acceptors (Lipinski definition) is 2. The Morgan fingerprint density at radius 2 is 1.77 bits per heavy atom. The summed E-state index contributed by atoms with van der Waals surface area (Å²) in [6.45, 7) is 0.586. The van der Waals surface area contributed by atoms with Crippen LogP contribution < -0.4 is 0 Å². The van der Waals surface area contributed by atoms with Gasteiger partial charge in [-0.05, 0) is 32.1 Å². The highest BCUT2D eigenvalue weighted by Crippen LogP contribution is 2.07. The zero-order chi connectivity index (χ0) is 9.36. The maximum Gasteiger partial charge on any atom is 0.305 e. The quantitative estimate of drug-likeness (QED) is 0.425. The van der Waals surface area contributed by atoms with Crippen LogP contribution in [0.3, 0.4) is 0 Å². The zero-order valence-electron chi connectivity index (χ0n) is 8.13. The first-order valence-corrected chi connectivity index (χ1v) is 5.20. The summed E-state index contributed by atoms with van der Waals surface area (Å²) in [5.74, 6) is -0.0236. The lowest BCUT2D eigenvalue weighted by Gasteiger charge is -2.04. The third-order valence-electron chi connectivity index (χ3n) is 2.20. The van der Waals surface area contributed by atoms with E-state index in [1.165, 1.54) is 6.42 Å². The first-order chi connectivity index (χ1) is 6.39. The Labute approximate surface area is 80.0 Å². The molecule has 2 nitrogen and oxygen atoms in total. The van der Waals surface area contributed by atoms with E-state index in [-0.39, 0.29) is 5.97 Å². The molecule has 0 radical (unpaired) electrons. The largest absolute Gasteiger partial charge is 0.466 e. The van der Waals surface area contributed by atoms with Crippen molar-refractivity contribution in [2.75, 3.05) is 6.61 Å². The van der Waals surface area contributed by atoms with Gasteiger partial charge < -0.3 is 4.74 Å². The smallest absolute Gasteiger partial charge is 0.305 e. The van der Waals surface area contributed by atoms with Crippen LogP contribution >= 0.6 is 0 Å². The van der Waals surface area contributed by atoms with Crippen LogP contribution in [0.15, 0.2) is 12.2 Å². The Bertz CT molecular complexity index is 173. The summed E-state index contributed by atoms with van der Waals surface area (Å²) in [7, 11) is 0. The molecule has 1 aliphatic heterocycles. The second-order valence-corrected chi connectivity index (χ2v) is 3.43. The minimum atomic E-state index is -0.0236. The van der Waals surface area contributed by atoms with Crippen molar-refractivity contribution in [3.05, 3.63) is 12.2 Å². The van der Waals surface area contributed by atoms with Crippen molar-refractivity contribution in [2.45, 2.75) is 44.9 Å². The van der Waals surface area contributed by atoms with Crippen molar-refractivity contribution in [2.24, 2.45) is 0 Å². The zero-order valence-corrected chi connectivity index (χ0v) is 8.13. The molecule has 1 aliphatic rings. The summed E-state index contributed by atoms with van der Waals surface area (Å²) in [6.07, 6.45) is 11.5. The van der Waals surface area contributed by atoms with Gasteiger partial charge in [-0.15, -0.1) is 0 Å². The van der Waals surface area contributed by atoms with E-state index >= 15 is 0 Å². The highest BCUT2D eigenvalue weighted by molar-refractivity contribution is 5.69. The van der Waals surface area contributed by atoms with Gasteiger partial charge in [0.2, 0.25) is 0 Å². The molecule has 0 saturated heterocycles. The maximum absolute atomic E-state index is 11.1. The van der Waals surface area contributed by atoms with Crippen LogP contribution in [0.5, 0.6) is 0 Å². The van der Waals surface area contributed by atoms with Gasteiger partial charge in [0.25, 0.3) is 0 Å². The predicted octanol–water partition coefficient (Wildman–Crippen LogP) is 2.83. The van der Waals surface area contributed by atoms with Gasteiger partial charge >= 0.3 is 5.97 Å². The number of cyclic esters (lactones) is 1. The molecule has 1 heterocycles. The molecule has 0 aromatic carbocycles. The van der Waals surface area contributed by atoms with Crippen LogP contribution in [-0.4, -0.2) is 12.6 Å². The number of carbonyl (C=O) groups excluding carboxylic acids is 1. The van der Waals surface area contributed by atoms with Gasteiger partial charge in [0, 0.05) is 6.42 Å². The van der Waals surface area contributed by atoms with Crippen molar-refractivity contribution < 1.29 is 9.53 Å². The molecule has 13 heavy (non-hydrogen) atoms. The lowest BCUT2D eigenvalue weighted by molar-refractivity contribution is -0.143. The Hall–Kier alpha value is -0.790. The summed E-state index contributed by atoms with van der Waals surface area (Å²) in [5.41, 5.74) is 0. The van der Waals surface area contributed by atoms with Gasteiger partial charge in [-0.3, -0.25) is 4.79 Å². The molecule has 0 fully saturated rings. The predicted molar refractivity (Wildman–Crippen MR) is 52.4 cm³/mol. The molecular formula is C11H18O2. The average Bonchev–Trinajstić information content (AvgIpc) is 2.11. The number of hydrogen-bond donors (Lipinski definition) is 0. The van der Waals surface area contributed by atoms with Crippen molar-refractivity contribution in [1.82, 2.24) is 0 Å². The van der Waals surface area contributed by atoms with Gasteiger partial charge in [0.1, 0.15) is 0 Å². The van der Waals surface area contributed by atoms with Crippen LogP contribution in [0, 0.1) is 0 Å².